The Hall–Kier alpha value is -2.69. The van der Waals surface area contributed by atoms with E-state index in [1.54, 1.807) is 20.4 Å². The predicted octanol–water partition coefficient (Wildman–Crippen LogP) is 3.44. The van der Waals surface area contributed by atoms with E-state index in [1.165, 1.54) is 17.5 Å². The molecule has 200 valence electrons. The topological polar surface area (TPSA) is 88.2 Å². The summed E-state index contributed by atoms with van der Waals surface area (Å²) in [5.74, 6) is 2.46. The van der Waals surface area contributed by atoms with E-state index in [4.69, 9.17) is 14.2 Å². The fourth-order valence-electron chi connectivity index (χ4n) is 6.13. The van der Waals surface area contributed by atoms with Gasteiger partial charge in [0.2, 0.25) is 0 Å². The van der Waals surface area contributed by atoms with Gasteiger partial charge in [0.15, 0.2) is 11.5 Å². The number of hydrogen-bond acceptors (Lipinski definition) is 8. The van der Waals surface area contributed by atoms with E-state index >= 15 is 0 Å². The SMILES string of the molecule is COc1ccc(C23CCC(NC(=O)NSc4ccc(N5CCOCC5)nc4)CC2N(C)CC3)cc1OC. The first kappa shape index (κ1) is 25.9. The van der Waals surface area contributed by atoms with Crippen LogP contribution in [0.25, 0.3) is 0 Å². The van der Waals surface area contributed by atoms with Crippen LogP contribution in [0.1, 0.15) is 31.2 Å². The zero-order valence-corrected chi connectivity index (χ0v) is 22.7. The molecular weight excluding hydrogens is 490 g/mol. The lowest BCUT2D eigenvalue weighted by molar-refractivity contribution is 0.122. The molecule has 37 heavy (non-hydrogen) atoms. The largest absolute Gasteiger partial charge is 0.493 e. The molecule has 2 N–H and O–H groups in total. The number of hydrogen-bond donors (Lipinski definition) is 2. The van der Waals surface area contributed by atoms with Crippen LogP contribution in [0.5, 0.6) is 11.5 Å². The van der Waals surface area contributed by atoms with E-state index in [9.17, 15) is 4.79 Å². The lowest BCUT2D eigenvalue weighted by Crippen LogP contribution is -2.52. The van der Waals surface area contributed by atoms with E-state index in [2.05, 4.69) is 44.0 Å². The monoisotopic (exact) mass is 527 g/mol. The maximum absolute atomic E-state index is 12.7. The van der Waals surface area contributed by atoms with E-state index in [1.807, 2.05) is 18.2 Å². The quantitative estimate of drug-likeness (QED) is 0.530. The number of methoxy groups -OCH3 is 2. The Morgan fingerprint density at radius 2 is 1.92 bits per heavy atom. The van der Waals surface area contributed by atoms with Gasteiger partial charge in [0, 0.05) is 41.7 Å². The van der Waals surface area contributed by atoms with E-state index in [-0.39, 0.29) is 17.5 Å². The minimum absolute atomic E-state index is 0.0611. The second-order valence-corrected chi connectivity index (χ2v) is 11.0. The average Bonchev–Trinajstić information content (AvgIpc) is 3.29. The number of amides is 2. The van der Waals surface area contributed by atoms with Crippen LogP contribution in [-0.4, -0.2) is 82.1 Å². The smallest absolute Gasteiger partial charge is 0.325 e. The lowest BCUT2D eigenvalue weighted by atomic mass is 9.65. The summed E-state index contributed by atoms with van der Waals surface area (Å²) in [7, 11) is 5.54. The van der Waals surface area contributed by atoms with Gasteiger partial charge in [-0.1, -0.05) is 6.07 Å². The van der Waals surface area contributed by atoms with Crippen molar-refractivity contribution in [1.82, 2.24) is 19.9 Å². The molecule has 5 rings (SSSR count). The molecule has 0 bridgehead atoms. The zero-order valence-electron chi connectivity index (χ0n) is 21.9. The molecule has 10 heteroatoms. The third kappa shape index (κ3) is 5.46. The van der Waals surface area contributed by atoms with Crippen LogP contribution >= 0.6 is 11.9 Å². The van der Waals surface area contributed by atoms with Crippen LogP contribution in [0.15, 0.2) is 41.4 Å². The number of rotatable bonds is 7. The van der Waals surface area contributed by atoms with Gasteiger partial charge in [-0.05, 0) is 81.1 Å². The first-order valence-corrected chi connectivity index (χ1v) is 13.8. The molecule has 9 nitrogen and oxygen atoms in total. The number of anilines is 1. The van der Waals surface area contributed by atoms with E-state index in [0.717, 1.165) is 80.7 Å². The van der Waals surface area contributed by atoms with Crippen LogP contribution in [0.3, 0.4) is 0 Å². The fourth-order valence-corrected chi connectivity index (χ4v) is 6.64. The third-order valence-electron chi connectivity index (χ3n) is 8.14. The van der Waals surface area contributed by atoms with Gasteiger partial charge in [-0.3, -0.25) is 4.72 Å². The molecule has 2 saturated heterocycles. The van der Waals surface area contributed by atoms with Crippen molar-refractivity contribution in [3.05, 3.63) is 42.1 Å². The first-order chi connectivity index (χ1) is 18.0. The molecule has 1 aliphatic carbocycles. The molecule has 1 saturated carbocycles. The highest BCUT2D eigenvalue weighted by molar-refractivity contribution is 7.98. The summed E-state index contributed by atoms with van der Waals surface area (Å²) in [6.45, 7) is 4.21. The second kappa shape index (κ2) is 11.4. The molecule has 3 aliphatic rings. The number of likely N-dealkylation sites (tertiary alicyclic amines) is 1. The van der Waals surface area contributed by atoms with Crippen LogP contribution in [0.2, 0.25) is 0 Å². The summed E-state index contributed by atoms with van der Waals surface area (Å²) >= 11 is 1.29. The highest BCUT2D eigenvalue weighted by Gasteiger charge is 2.50. The van der Waals surface area contributed by atoms with E-state index in [0.29, 0.717) is 6.04 Å². The van der Waals surface area contributed by atoms with Gasteiger partial charge < -0.3 is 29.3 Å². The number of aromatic nitrogens is 1. The van der Waals surface area contributed by atoms with Gasteiger partial charge in [-0.2, -0.15) is 0 Å². The highest BCUT2D eigenvalue weighted by Crippen LogP contribution is 2.49. The summed E-state index contributed by atoms with van der Waals surface area (Å²) in [5, 5.41) is 3.21. The second-order valence-electron chi connectivity index (χ2n) is 10.1. The summed E-state index contributed by atoms with van der Waals surface area (Å²) < 4.78 is 19.4. The van der Waals surface area contributed by atoms with Gasteiger partial charge in [0.1, 0.15) is 5.82 Å². The third-order valence-corrected chi connectivity index (χ3v) is 8.90. The van der Waals surface area contributed by atoms with Gasteiger partial charge in [-0.25, -0.2) is 9.78 Å². The number of likely N-dealkylation sites (N-methyl/N-ethyl adjacent to an activating group) is 1. The molecule has 0 spiro atoms. The van der Waals surface area contributed by atoms with Crippen LogP contribution < -0.4 is 24.4 Å². The Morgan fingerprint density at radius 3 is 2.65 bits per heavy atom. The Balaban J connectivity index is 1.17. The number of pyridine rings is 1. The molecule has 1 aromatic carbocycles. The number of benzene rings is 1. The van der Waals surface area contributed by atoms with Crippen molar-refractivity contribution in [2.45, 2.75) is 48.1 Å². The standard InChI is InChI=1S/C27H37N5O4S/c1-31-11-10-27(19-4-6-22(34-2)23(16-19)35-3)9-8-20(17-24(27)31)29-26(33)30-37-21-5-7-25(28-18-21)32-12-14-36-15-13-32/h4-7,16,18,20,24H,8-15,17H2,1-3H3,(H2,29,30,33). The maximum Gasteiger partial charge on any atom is 0.325 e. The Morgan fingerprint density at radius 1 is 1.11 bits per heavy atom. The van der Waals surface area contributed by atoms with Crippen molar-refractivity contribution in [2.75, 3.05) is 59.0 Å². The highest BCUT2D eigenvalue weighted by atomic mass is 32.2. The molecule has 3 fully saturated rings. The molecule has 2 aliphatic heterocycles. The minimum atomic E-state index is -0.161. The number of carbonyl (C=O) groups excluding carboxylic acids is 1. The summed E-state index contributed by atoms with van der Waals surface area (Å²) in [6.07, 6.45) is 5.78. The van der Waals surface area contributed by atoms with Gasteiger partial charge >= 0.3 is 6.03 Å². The molecule has 1 aromatic heterocycles. The summed E-state index contributed by atoms with van der Waals surface area (Å²) in [4.78, 5) is 22.9. The van der Waals surface area contributed by atoms with Gasteiger partial charge in [-0.15, -0.1) is 0 Å². The van der Waals surface area contributed by atoms with Crippen LogP contribution in [0, 0.1) is 0 Å². The lowest BCUT2D eigenvalue weighted by Gasteiger charge is -2.45. The Labute approximate surface area is 223 Å². The van der Waals surface area contributed by atoms with Crippen molar-refractivity contribution in [1.29, 1.82) is 0 Å². The Kier molecular flexibility index (Phi) is 7.97. The number of nitrogens with one attached hydrogen (secondary N) is 2. The summed E-state index contributed by atoms with van der Waals surface area (Å²) in [6, 6.07) is 10.6. The molecular formula is C27H37N5O4S. The van der Waals surface area contributed by atoms with Crippen molar-refractivity contribution < 1.29 is 19.0 Å². The fraction of sp³-hybridized carbons (Fsp3) is 0.556. The molecule has 3 atom stereocenters. The van der Waals surface area contributed by atoms with Crippen molar-refractivity contribution in [3.63, 3.8) is 0 Å². The summed E-state index contributed by atoms with van der Waals surface area (Å²) in [5.41, 5.74) is 1.36. The molecule has 0 radical (unpaired) electrons. The van der Waals surface area contributed by atoms with Crippen molar-refractivity contribution in [3.8, 4) is 11.5 Å². The number of urea groups is 1. The number of morpholine rings is 1. The first-order valence-electron chi connectivity index (χ1n) is 13.0. The molecule has 3 heterocycles. The molecule has 2 aromatic rings. The van der Waals surface area contributed by atoms with Crippen molar-refractivity contribution >= 4 is 23.8 Å². The molecule has 2 amide bonds. The van der Waals surface area contributed by atoms with E-state index < -0.39 is 0 Å². The Bertz CT molecular complexity index is 1080. The number of fused-ring (bicyclic) bond motifs is 1. The number of ether oxygens (including phenoxy) is 3. The number of nitrogens with zero attached hydrogens (tertiary/aromatic N) is 3. The van der Waals surface area contributed by atoms with Crippen molar-refractivity contribution in [2.24, 2.45) is 0 Å². The minimum Gasteiger partial charge on any atom is -0.493 e. The molecule has 3 unspecified atom stereocenters. The van der Waals surface area contributed by atoms with Gasteiger partial charge in [0.05, 0.1) is 27.4 Å². The number of carbonyl (C=O) groups is 1. The predicted molar refractivity (Wildman–Crippen MR) is 145 cm³/mol. The zero-order chi connectivity index (χ0) is 25.8. The van der Waals surface area contributed by atoms with Crippen LogP contribution in [0.4, 0.5) is 10.6 Å². The van der Waals surface area contributed by atoms with Crippen LogP contribution in [-0.2, 0) is 10.2 Å². The average molecular weight is 528 g/mol. The normalized spacial score (nSPS) is 25.9. The van der Waals surface area contributed by atoms with Gasteiger partial charge in [0.25, 0.3) is 0 Å². The maximum atomic E-state index is 12.7.